The minimum atomic E-state index is -0.365. The fraction of sp³-hybridized carbons (Fsp3) is 0.174. The first kappa shape index (κ1) is 20.1. The van der Waals surface area contributed by atoms with E-state index in [1.54, 1.807) is 6.07 Å². The first-order valence-corrected chi connectivity index (χ1v) is 9.31. The summed E-state index contributed by atoms with van der Waals surface area (Å²) in [5, 5.41) is 5.67. The minimum Gasteiger partial charge on any atom is -0.378 e. The molecule has 0 aliphatic carbocycles. The second-order valence-electron chi connectivity index (χ2n) is 7.00. The number of nitrogens with zero attached hydrogens (tertiary/aromatic N) is 2. The lowest BCUT2D eigenvalue weighted by Crippen LogP contribution is -2.23. The molecule has 3 rings (SSSR count). The molecule has 0 bridgehead atoms. The molecule has 0 fully saturated rings. The molecule has 2 aromatic carbocycles. The zero-order valence-electron chi connectivity index (χ0n) is 16.8. The molecule has 148 valence electrons. The molecule has 0 unspecified atom stereocenters. The predicted molar refractivity (Wildman–Crippen MR) is 115 cm³/mol. The number of carbonyl (C=O) groups is 2. The van der Waals surface area contributed by atoms with Crippen molar-refractivity contribution in [2.45, 2.75) is 13.5 Å². The number of hydrogen-bond donors (Lipinski definition) is 2. The Kier molecular flexibility index (Phi) is 6.24. The smallest absolute Gasteiger partial charge is 0.274 e. The highest BCUT2D eigenvalue weighted by Crippen LogP contribution is 2.16. The van der Waals surface area contributed by atoms with Crippen LogP contribution in [0.2, 0.25) is 0 Å². The third-order valence-corrected chi connectivity index (χ3v) is 4.43. The fourth-order valence-electron chi connectivity index (χ4n) is 2.84. The van der Waals surface area contributed by atoms with Crippen molar-refractivity contribution in [1.29, 1.82) is 0 Å². The van der Waals surface area contributed by atoms with E-state index in [1.807, 2.05) is 74.4 Å². The summed E-state index contributed by atoms with van der Waals surface area (Å²) in [4.78, 5) is 31.0. The molecule has 0 saturated carbocycles. The van der Waals surface area contributed by atoms with E-state index in [9.17, 15) is 9.59 Å². The summed E-state index contributed by atoms with van der Waals surface area (Å²) in [5.41, 5.74) is 4.43. The van der Waals surface area contributed by atoms with Gasteiger partial charge < -0.3 is 15.5 Å². The van der Waals surface area contributed by atoms with Crippen molar-refractivity contribution in [2.75, 3.05) is 24.3 Å². The van der Waals surface area contributed by atoms with Crippen molar-refractivity contribution in [1.82, 2.24) is 10.3 Å². The number of aryl methyl sites for hydroxylation is 1. The van der Waals surface area contributed by atoms with Gasteiger partial charge in [-0.15, -0.1) is 0 Å². The van der Waals surface area contributed by atoms with E-state index >= 15 is 0 Å². The molecular weight excluding hydrogens is 364 g/mol. The standard InChI is InChI=1S/C23H24N4O2/c1-16-5-4-6-17(13-16)15-25-22(28)18-11-12-24-21(14-18)23(29)26-19-7-9-20(10-8-19)27(2)3/h4-14H,15H2,1-3H3,(H,25,28)(H,26,29). The van der Waals surface area contributed by atoms with E-state index in [0.717, 1.165) is 16.8 Å². The van der Waals surface area contributed by atoms with E-state index < -0.39 is 0 Å². The molecule has 0 radical (unpaired) electrons. The summed E-state index contributed by atoms with van der Waals surface area (Å²) in [5.74, 6) is -0.616. The van der Waals surface area contributed by atoms with Crippen LogP contribution in [0.5, 0.6) is 0 Å². The van der Waals surface area contributed by atoms with Crippen LogP contribution >= 0.6 is 0 Å². The summed E-state index contributed by atoms with van der Waals surface area (Å²) in [6.07, 6.45) is 1.46. The summed E-state index contributed by atoms with van der Waals surface area (Å²) in [6.45, 7) is 2.43. The van der Waals surface area contributed by atoms with Gasteiger partial charge in [0, 0.05) is 43.8 Å². The molecule has 2 N–H and O–H groups in total. The Bertz CT molecular complexity index is 1010. The van der Waals surface area contributed by atoms with Crippen LogP contribution in [0.15, 0.2) is 66.9 Å². The van der Waals surface area contributed by atoms with Gasteiger partial charge in [0.1, 0.15) is 5.69 Å². The molecular formula is C23H24N4O2. The van der Waals surface area contributed by atoms with Crippen molar-refractivity contribution in [2.24, 2.45) is 0 Å². The Morgan fingerprint density at radius 1 is 0.966 bits per heavy atom. The third-order valence-electron chi connectivity index (χ3n) is 4.43. The highest BCUT2D eigenvalue weighted by atomic mass is 16.2. The van der Waals surface area contributed by atoms with Crippen molar-refractivity contribution in [3.8, 4) is 0 Å². The lowest BCUT2D eigenvalue weighted by molar-refractivity contribution is 0.0950. The number of rotatable bonds is 6. The van der Waals surface area contributed by atoms with Gasteiger partial charge >= 0.3 is 0 Å². The topological polar surface area (TPSA) is 74.3 Å². The van der Waals surface area contributed by atoms with Gasteiger partial charge in [0.25, 0.3) is 11.8 Å². The Labute approximate surface area is 170 Å². The van der Waals surface area contributed by atoms with Crippen molar-refractivity contribution in [3.63, 3.8) is 0 Å². The number of anilines is 2. The number of carbonyl (C=O) groups excluding carboxylic acids is 2. The number of amides is 2. The zero-order chi connectivity index (χ0) is 20.8. The maximum atomic E-state index is 12.5. The van der Waals surface area contributed by atoms with Gasteiger partial charge in [-0.25, -0.2) is 0 Å². The van der Waals surface area contributed by atoms with Crippen LogP contribution in [0.3, 0.4) is 0 Å². The Balaban J connectivity index is 1.64. The normalized spacial score (nSPS) is 10.3. The quantitative estimate of drug-likeness (QED) is 0.676. The van der Waals surface area contributed by atoms with E-state index in [0.29, 0.717) is 17.8 Å². The van der Waals surface area contributed by atoms with E-state index in [-0.39, 0.29) is 17.5 Å². The van der Waals surface area contributed by atoms with Gasteiger partial charge in [0.2, 0.25) is 0 Å². The number of nitrogens with one attached hydrogen (secondary N) is 2. The molecule has 1 heterocycles. The van der Waals surface area contributed by atoms with Crippen molar-refractivity contribution >= 4 is 23.2 Å². The van der Waals surface area contributed by atoms with Gasteiger partial charge in [0.05, 0.1) is 0 Å². The zero-order valence-corrected chi connectivity index (χ0v) is 16.8. The number of hydrogen-bond acceptors (Lipinski definition) is 4. The molecule has 0 saturated heterocycles. The van der Waals surface area contributed by atoms with Crippen LogP contribution in [0.1, 0.15) is 32.0 Å². The summed E-state index contributed by atoms with van der Waals surface area (Å²) in [6, 6.07) is 18.5. The van der Waals surface area contributed by atoms with E-state index in [4.69, 9.17) is 0 Å². The maximum absolute atomic E-state index is 12.5. The van der Waals surface area contributed by atoms with E-state index in [1.165, 1.54) is 12.3 Å². The molecule has 29 heavy (non-hydrogen) atoms. The molecule has 1 aromatic heterocycles. The van der Waals surface area contributed by atoms with E-state index in [2.05, 4.69) is 15.6 Å². The SMILES string of the molecule is Cc1cccc(CNC(=O)c2ccnc(C(=O)Nc3ccc(N(C)C)cc3)c2)c1. The van der Waals surface area contributed by atoms with Crippen LogP contribution in [-0.2, 0) is 6.54 Å². The predicted octanol–water partition coefficient (Wildman–Crippen LogP) is 3.64. The summed E-state index contributed by atoms with van der Waals surface area (Å²) < 4.78 is 0. The van der Waals surface area contributed by atoms with Crippen molar-refractivity contribution in [3.05, 3.63) is 89.2 Å². The molecule has 6 nitrogen and oxygen atoms in total. The average molecular weight is 388 g/mol. The highest BCUT2D eigenvalue weighted by molar-refractivity contribution is 6.04. The lowest BCUT2D eigenvalue weighted by Gasteiger charge is -2.13. The number of pyridine rings is 1. The maximum Gasteiger partial charge on any atom is 0.274 e. The monoisotopic (exact) mass is 388 g/mol. The van der Waals surface area contributed by atoms with Gasteiger partial charge in [-0.1, -0.05) is 29.8 Å². The first-order valence-electron chi connectivity index (χ1n) is 9.31. The first-order chi connectivity index (χ1) is 13.9. The lowest BCUT2D eigenvalue weighted by atomic mass is 10.1. The van der Waals surface area contributed by atoms with Gasteiger partial charge in [-0.05, 0) is 48.9 Å². The fourth-order valence-corrected chi connectivity index (χ4v) is 2.84. The van der Waals surface area contributed by atoms with Crippen LogP contribution < -0.4 is 15.5 Å². The van der Waals surface area contributed by atoms with Gasteiger partial charge in [-0.3, -0.25) is 14.6 Å². The molecule has 0 aliphatic heterocycles. The highest BCUT2D eigenvalue weighted by Gasteiger charge is 2.12. The average Bonchev–Trinajstić information content (AvgIpc) is 2.72. The molecule has 3 aromatic rings. The van der Waals surface area contributed by atoms with Crippen LogP contribution in [0.25, 0.3) is 0 Å². The third kappa shape index (κ3) is 5.42. The van der Waals surface area contributed by atoms with Crippen LogP contribution in [0, 0.1) is 6.92 Å². The Hall–Kier alpha value is -3.67. The van der Waals surface area contributed by atoms with Crippen LogP contribution in [0.4, 0.5) is 11.4 Å². The largest absolute Gasteiger partial charge is 0.378 e. The van der Waals surface area contributed by atoms with Gasteiger partial charge in [0.15, 0.2) is 0 Å². The molecule has 0 atom stereocenters. The molecule has 0 aliphatic rings. The Morgan fingerprint density at radius 2 is 1.72 bits per heavy atom. The minimum absolute atomic E-state index is 0.185. The summed E-state index contributed by atoms with van der Waals surface area (Å²) >= 11 is 0. The van der Waals surface area contributed by atoms with Gasteiger partial charge in [-0.2, -0.15) is 0 Å². The molecule has 0 spiro atoms. The second-order valence-corrected chi connectivity index (χ2v) is 7.00. The van der Waals surface area contributed by atoms with Crippen molar-refractivity contribution < 1.29 is 9.59 Å². The molecule has 2 amide bonds. The second kappa shape index (κ2) is 9.01. The number of aromatic nitrogens is 1. The summed E-state index contributed by atoms with van der Waals surface area (Å²) in [7, 11) is 3.90. The number of benzene rings is 2. The molecule has 6 heteroatoms. The van der Waals surface area contributed by atoms with Crippen LogP contribution in [-0.4, -0.2) is 30.9 Å². The Morgan fingerprint density at radius 3 is 2.41 bits per heavy atom.